The van der Waals surface area contributed by atoms with E-state index in [1.807, 2.05) is 13.8 Å². The van der Waals surface area contributed by atoms with Crippen LogP contribution in [0.4, 0.5) is 13.2 Å². The number of carbonyl (C=O) groups is 1. The SMILES string of the molecule is CCOC(CC)(CC)C(=O)CCCC(F)(F)F. The van der Waals surface area contributed by atoms with Crippen molar-refractivity contribution < 1.29 is 22.7 Å². The van der Waals surface area contributed by atoms with Gasteiger partial charge in [0.15, 0.2) is 5.78 Å². The summed E-state index contributed by atoms with van der Waals surface area (Å²) in [6.07, 6.45) is -4.32. The summed E-state index contributed by atoms with van der Waals surface area (Å²) in [5.41, 5.74) is -0.889. The number of ketones is 1. The van der Waals surface area contributed by atoms with Gasteiger partial charge in [-0.25, -0.2) is 0 Å². The van der Waals surface area contributed by atoms with E-state index in [9.17, 15) is 18.0 Å². The van der Waals surface area contributed by atoms with Gasteiger partial charge in [0, 0.05) is 19.4 Å². The molecule has 102 valence electrons. The second-order valence-corrected chi connectivity index (χ2v) is 4.03. The van der Waals surface area contributed by atoms with Crippen molar-refractivity contribution >= 4 is 5.78 Å². The first-order valence-corrected chi connectivity index (χ1v) is 6.05. The highest BCUT2D eigenvalue weighted by Crippen LogP contribution is 2.27. The van der Waals surface area contributed by atoms with Crippen LogP contribution in [0.3, 0.4) is 0 Å². The average Bonchev–Trinajstić information content (AvgIpc) is 2.24. The summed E-state index contributed by atoms with van der Waals surface area (Å²) in [7, 11) is 0. The fourth-order valence-electron chi connectivity index (χ4n) is 1.88. The first-order valence-electron chi connectivity index (χ1n) is 6.05. The van der Waals surface area contributed by atoms with E-state index in [0.717, 1.165) is 0 Å². The van der Waals surface area contributed by atoms with Gasteiger partial charge in [-0.1, -0.05) is 13.8 Å². The number of ether oxygens (including phenoxy) is 1. The summed E-state index contributed by atoms with van der Waals surface area (Å²) in [6.45, 7) is 5.82. The topological polar surface area (TPSA) is 26.3 Å². The van der Waals surface area contributed by atoms with Crippen molar-refractivity contribution in [1.82, 2.24) is 0 Å². The third-order valence-corrected chi connectivity index (χ3v) is 2.94. The van der Waals surface area contributed by atoms with Crippen molar-refractivity contribution in [3.05, 3.63) is 0 Å². The second-order valence-electron chi connectivity index (χ2n) is 4.03. The Morgan fingerprint density at radius 2 is 1.65 bits per heavy atom. The van der Waals surface area contributed by atoms with E-state index < -0.39 is 18.2 Å². The standard InChI is InChI=1S/C12H21F3O2/c1-4-11(5-2,17-6-3)10(16)8-7-9-12(13,14)15/h4-9H2,1-3H3. The summed E-state index contributed by atoms with van der Waals surface area (Å²) in [4.78, 5) is 11.9. The van der Waals surface area contributed by atoms with Crippen LogP contribution in [0.25, 0.3) is 0 Å². The van der Waals surface area contributed by atoms with Gasteiger partial charge in [-0.3, -0.25) is 4.79 Å². The predicted octanol–water partition coefficient (Wildman–Crippen LogP) is 3.88. The number of rotatable bonds is 8. The maximum Gasteiger partial charge on any atom is 0.389 e. The molecular formula is C12H21F3O2. The number of alkyl halides is 3. The van der Waals surface area contributed by atoms with Gasteiger partial charge in [-0.05, 0) is 26.2 Å². The Balaban J connectivity index is 4.34. The first-order chi connectivity index (χ1) is 7.81. The molecule has 0 N–H and O–H groups in total. The van der Waals surface area contributed by atoms with Gasteiger partial charge in [0.05, 0.1) is 0 Å². The molecule has 0 aromatic carbocycles. The van der Waals surface area contributed by atoms with Gasteiger partial charge in [0.1, 0.15) is 5.60 Å². The zero-order chi connectivity index (χ0) is 13.5. The molecule has 0 aromatic rings. The van der Waals surface area contributed by atoms with E-state index in [-0.39, 0.29) is 18.6 Å². The van der Waals surface area contributed by atoms with Crippen LogP contribution in [0.5, 0.6) is 0 Å². The summed E-state index contributed by atoms with van der Waals surface area (Å²) in [6, 6.07) is 0. The van der Waals surface area contributed by atoms with E-state index in [0.29, 0.717) is 19.4 Å². The van der Waals surface area contributed by atoms with Crippen molar-refractivity contribution in [2.75, 3.05) is 6.61 Å². The smallest absolute Gasteiger partial charge is 0.368 e. The molecule has 0 heterocycles. The molecule has 0 rings (SSSR count). The molecule has 0 aromatic heterocycles. The normalized spacial score (nSPS) is 12.8. The molecule has 0 aliphatic heterocycles. The van der Waals surface area contributed by atoms with Crippen LogP contribution in [0.1, 0.15) is 52.9 Å². The van der Waals surface area contributed by atoms with Crippen LogP contribution in [-0.4, -0.2) is 24.2 Å². The van der Waals surface area contributed by atoms with Crippen molar-refractivity contribution in [3.8, 4) is 0 Å². The molecule has 0 saturated heterocycles. The molecular weight excluding hydrogens is 233 g/mol. The summed E-state index contributed by atoms with van der Waals surface area (Å²) >= 11 is 0. The number of hydrogen-bond donors (Lipinski definition) is 0. The van der Waals surface area contributed by atoms with E-state index >= 15 is 0 Å². The van der Waals surface area contributed by atoms with Crippen LogP contribution >= 0.6 is 0 Å². The Kier molecular flexibility index (Phi) is 6.75. The lowest BCUT2D eigenvalue weighted by atomic mass is 9.89. The quantitative estimate of drug-likeness (QED) is 0.657. The predicted molar refractivity (Wildman–Crippen MR) is 59.9 cm³/mol. The lowest BCUT2D eigenvalue weighted by Gasteiger charge is -2.30. The highest BCUT2D eigenvalue weighted by atomic mass is 19.4. The third-order valence-electron chi connectivity index (χ3n) is 2.94. The van der Waals surface area contributed by atoms with Crippen molar-refractivity contribution in [1.29, 1.82) is 0 Å². The lowest BCUT2D eigenvalue weighted by molar-refractivity contribution is -0.149. The van der Waals surface area contributed by atoms with Gasteiger partial charge in [0.25, 0.3) is 0 Å². The summed E-state index contributed by atoms with van der Waals surface area (Å²) in [5.74, 6) is -0.214. The zero-order valence-electron chi connectivity index (χ0n) is 10.7. The number of carbonyl (C=O) groups excluding carboxylic acids is 1. The van der Waals surface area contributed by atoms with E-state index in [1.54, 1.807) is 6.92 Å². The van der Waals surface area contributed by atoms with Crippen LogP contribution in [0.15, 0.2) is 0 Å². The van der Waals surface area contributed by atoms with Gasteiger partial charge in [-0.2, -0.15) is 13.2 Å². The minimum absolute atomic E-state index is 0.0683. The molecule has 0 amide bonds. The monoisotopic (exact) mass is 254 g/mol. The van der Waals surface area contributed by atoms with Crippen LogP contribution in [-0.2, 0) is 9.53 Å². The maximum absolute atomic E-state index is 12.0. The molecule has 17 heavy (non-hydrogen) atoms. The lowest BCUT2D eigenvalue weighted by Crippen LogP contribution is -2.40. The van der Waals surface area contributed by atoms with Gasteiger partial charge < -0.3 is 4.74 Å². The Bertz CT molecular complexity index is 232. The molecule has 0 aliphatic carbocycles. The largest absolute Gasteiger partial charge is 0.389 e. The van der Waals surface area contributed by atoms with E-state index in [2.05, 4.69) is 0 Å². The number of halogens is 3. The Labute approximate surface area is 101 Å². The average molecular weight is 254 g/mol. The molecule has 0 fully saturated rings. The molecule has 0 radical (unpaired) electrons. The first kappa shape index (κ1) is 16.4. The second kappa shape index (κ2) is 6.99. The van der Waals surface area contributed by atoms with Crippen molar-refractivity contribution in [3.63, 3.8) is 0 Å². The van der Waals surface area contributed by atoms with Gasteiger partial charge >= 0.3 is 6.18 Å². The van der Waals surface area contributed by atoms with Crippen molar-refractivity contribution in [2.45, 2.75) is 64.7 Å². The zero-order valence-corrected chi connectivity index (χ0v) is 10.7. The Morgan fingerprint density at radius 3 is 2.00 bits per heavy atom. The fourth-order valence-corrected chi connectivity index (χ4v) is 1.88. The minimum atomic E-state index is -4.19. The molecule has 0 atom stereocenters. The Morgan fingerprint density at radius 1 is 1.12 bits per heavy atom. The third kappa shape index (κ3) is 5.52. The van der Waals surface area contributed by atoms with Gasteiger partial charge in [-0.15, -0.1) is 0 Å². The molecule has 0 bridgehead atoms. The molecule has 5 heteroatoms. The van der Waals surface area contributed by atoms with Crippen LogP contribution in [0.2, 0.25) is 0 Å². The van der Waals surface area contributed by atoms with E-state index in [4.69, 9.17) is 4.74 Å². The minimum Gasteiger partial charge on any atom is -0.368 e. The molecule has 0 unspecified atom stereocenters. The van der Waals surface area contributed by atoms with Crippen LogP contribution in [0, 0.1) is 0 Å². The maximum atomic E-state index is 12.0. The molecule has 0 aliphatic rings. The summed E-state index contributed by atoms with van der Waals surface area (Å²) in [5, 5.41) is 0. The van der Waals surface area contributed by atoms with Crippen LogP contribution < -0.4 is 0 Å². The highest BCUT2D eigenvalue weighted by molar-refractivity contribution is 5.87. The fraction of sp³-hybridized carbons (Fsp3) is 0.917. The Hall–Kier alpha value is -0.580. The molecule has 2 nitrogen and oxygen atoms in total. The van der Waals surface area contributed by atoms with Gasteiger partial charge in [0.2, 0.25) is 0 Å². The molecule has 0 saturated carbocycles. The summed E-state index contributed by atoms with van der Waals surface area (Å²) < 4.78 is 41.4. The van der Waals surface area contributed by atoms with E-state index in [1.165, 1.54) is 0 Å². The number of hydrogen-bond acceptors (Lipinski definition) is 2. The molecule has 0 spiro atoms. The van der Waals surface area contributed by atoms with Crippen molar-refractivity contribution in [2.24, 2.45) is 0 Å². The highest BCUT2D eigenvalue weighted by Gasteiger charge is 2.35. The number of Topliss-reactive ketones (excluding diaryl/α,β-unsaturated/α-hetero) is 1.